The molecule has 1 aliphatic carbocycles. The molecule has 1 aromatic rings. The van der Waals surface area contributed by atoms with Crippen molar-refractivity contribution in [3.8, 4) is 0 Å². The van der Waals surface area contributed by atoms with Crippen molar-refractivity contribution in [2.24, 2.45) is 5.92 Å². The monoisotopic (exact) mass is 315 g/mol. The summed E-state index contributed by atoms with van der Waals surface area (Å²) in [6.45, 7) is 4.87. The summed E-state index contributed by atoms with van der Waals surface area (Å²) in [4.78, 5) is 16.6. The molecular weight excluding hydrogens is 286 g/mol. The number of carbonyl (C=O) groups excluding carboxylic acids is 1. The van der Waals surface area contributed by atoms with Gasteiger partial charge in [0.15, 0.2) is 0 Å². The minimum atomic E-state index is 0.215. The van der Waals surface area contributed by atoms with E-state index in [1.54, 1.807) is 0 Å². The lowest BCUT2D eigenvalue weighted by Crippen LogP contribution is -2.43. The molecule has 2 aliphatic rings. The number of likely N-dealkylation sites (tertiary alicyclic amines) is 1. The van der Waals surface area contributed by atoms with Crippen LogP contribution in [0.4, 0.5) is 0 Å². The van der Waals surface area contributed by atoms with Crippen molar-refractivity contribution < 1.29 is 4.79 Å². The Bertz CT molecular complexity index is 493. The summed E-state index contributed by atoms with van der Waals surface area (Å²) in [6, 6.07) is 11.1. The molecule has 1 saturated carbocycles. The first-order valence-electron chi connectivity index (χ1n) is 8.93. The molecule has 0 spiro atoms. The van der Waals surface area contributed by atoms with Gasteiger partial charge in [-0.3, -0.25) is 9.69 Å². The minimum Gasteiger partial charge on any atom is -0.352 e. The van der Waals surface area contributed by atoms with Crippen molar-refractivity contribution in [1.82, 2.24) is 15.1 Å². The molecule has 0 aromatic heterocycles. The average Bonchev–Trinajstić information content (AvgIpc) is 3.34. The van der Waals surface area contributed by atoms with Gasteiger partial charge in [-0.25, -0.2) is 0 Å². The van der Waals surface area contributed by atoms with E-state index < -0.39 is 0 Å². The van der Waals surface area contributed by atoms with Gasteiger partial charge in [-0.05, 0) is 57.3 Å². The fraction of sp³-hybridized carbons (Fsp3) is 0.632. The number of rotatable bonds is 7. The highest BCUT2D eigenvalue weighted by Gasteiger charge is 2.26. The third kappa shape index (κ3) is 5.63. The number of nitrogens with zero attached hydrogens (tertiary/aromatic N) is 2. The lowest BCUT2D eigenvalue weighted by Gasteiger charge is -2.33. The van der Waals surface area contributed by atoms with Crippen LogP contribution < -0.4 is 5.32 Å². The number of carbonyl (C=O) groups is 1. The first-order valence-corrected chi connectivity index (χ1v) is 8.93. The summed E-state index contributed by atoms with van der Waals surface area (Å²) in [5, 5.41) is 3.08. The molecule has 126 valence electrons. The third-order valence-corrected chi connectivity index (χ3v) is 4.88. The topological polar surface area (TPSA) is 35.6 Å². The Kier molecular flexibility index (Phi) is 5.68. The van der Waals surface area contributed by atoms with Crippen LogP contribution in [0.25, 0.3) is 0 Å². The van der Waals surface area contributed by atoms with Gasteiger partial charge < -0.3 is 10.2 Å². The van der Waals surface area contributed by atoms with Crippen molar-refractivity contribution in [3.63, 3.8) is 0 Å². The Labute approximate surface area is 139 Å². The zero-order valence-corrected chi connectivity index (χ0v) is 14.2. The highest BCUT2D eigenvalue weighted by atomic mass is 16.2. The second-order valence-electron chi connectivity index (χ2n) is 7.24. The predicted molar refractivity (Wildman–Crippen MR) is 93.1 cm³/mol. The molecular formula is C19H29N3O. The highest BCUT2D eigenvalue weighted by molar-refractivity contribution is 5.78. The van der Waals surface area contributed by atoms with Gasteiger partial charge in [-0.2, -0.15) is 0 Å². The molecule has 0 atom stereocenters. The van der Waals surface area contributed by atoms with Crippen molar-refractivity contribution >= 4 is 5.91 Å². The van der Waals surface area contributed by atoms with Crippen LogP contribution in [0.1, 0.15) is 31.2 Å². The Balaban J connectivity index is 1.34. The van der Waals surface area contributed by atoms with E-state index in [1.165, 1.54) is 31.2 Å². The zero-order chi connectivity index (χ0) is 16.1. The van der Waals surface area contributed by atoms with E-state index in [4.69, 9.17) is 0 Å². The summed E-state index contributed by atoms with van der Waals surface area (Å²) >= 11 is 0. The van der Waals surface area contributed by atoms with Gasteiger partial charge in [-0.15, -0.1) is 0 Å². The molecule has 1 heterocycles. The van der Waals surface area contributed by atoms with Crippen LogP contribution in [-0.4, -0.2) is 55.0 Å². The number of amides is 1. The van der Waals surface area contributed by atoms with Gasteiger partial charge in [0.25, 0.3) is 0 Å². The molecule has 0 bridgehead atoms. The lowest BCUT2D eigenvalue weighted by atomic mass is 9.96. The van der Waals surface area contributed by atoms with Gasteiger partial charge in [0.1, 0.15) is 0 Å². The van der Waals surface area contributed by atoms with Crippen molar-refractivity contribution in [2.45, 2.75) is 38.3 Å². The van der Waals surface area contributed by atoms with Crippen molar-refractivity contribution in [1.29, 1.82) is 0 Å². The molecule has 0 unspecified atom stereocenters. The van der Waals surface area contributed by atoms with Crippen LogP contribution >= 0.6 is 0 Å². The second-order valence-corrected chi connectivity index (χ2v) is 7.24. The van der Waals surface area contributed by atoms with Gasteiger partial charge in [0.2, 0.25) is 5.91 Å². The zero-order valence-electron chi connectivity index (χ0n) is 14.2. The van der Waals surface area contributed by atoms with E-state index >= 15 is 0 Å². The van der Waals surface area contributed by atoms with E-state index in [-0.39, 0.29) is 5.91 Å². The van der Waals surface area contributed by atoms with Crippen LogP contribution in [-0.2, 0) is 11.3 Å². The average molecular weight is 315 g/mol. The number of benzene rings is 1. The molecule has 1 aliphatic heterocycles. The SMILES string of the molecule is CN(Cc1ccccc1)CC1CCN(CC(=O)NC2CC2)CC1. The predicted octanol–water partition coefficient (Wildman–Crippen LogP) is 2.11. The second kappa shape index (κ2) is 7.93. The van der Waals surface area contributed by atoms with Crippen molar-refractivity contribution in [2.75, 3.05) is 33.2 Å². The van der Waals surface area contributed by atoms with E-state index in [2.05, 4.69) is 52.5 Å². The third-order valence-electron chi connectivity index (χ3n) is 4.88. The smallest absolute Gasteiger partial charge is 0.234 e. The van der Waals surface area contributed by atoms with Crippen LogP contribution in [0.5, 0.6) is 0 Å². The molecule has 23 heavy (non-hydrogen) atoms. The van der Waals surface area contributed by atoms with Gasteiger partial charge in [0.05, 0.1) is 6.54 Å². The fourth-order valence-corrected chi connectivity index (χ4v) is 3.43. The molecule has 4 heteroatoms. The van der Waals surface area contributed by atoms with Gasteiger partial charge in [-0.1, -0.05) is 30.3 Å². The molecule has 1 saturated heterocycles. The molecule has 0 radical (unpaired) electrons. The maximum absolute atomic E-state index is 11.9. The van der Waals surface area contributed by atoms with Gasteiger partial charge >= 0.3 is 0 Å². The lowest BCUT2D eigenvalue weighted by molar-refractivity contribution is -0.122. The van der Waals surface area contributed by atoms with Crippen molar-refractivity contribution in [3.05, 3.63) is 35.9 Å². The molecule has 2 fully saturated rings. The van der Waals surface area contributed by atoms with Crippen LogP contribution in [0, 0.1) is 5.92 Å². The van der Waals surface area contributed by atoms with E-state index in [1.807, 2.05) is 0 Å². The Morgan fingerprint density at radius 2 is 1.87 bits per heavy atom. The normalized spacial score (nSPS) is 19.9. The first-order chi connectivity index (χ1) is 11.2. The maximum Gasteiger partial charge on any atom is 0.234 e. The van der Waals surface area contributed by atoms with E-state index in [9.17, 15) is 4.79 Å². The molecule has 1 N–H and O–H groups in total. The summed E-state index contributed by atoms with van der Waals surface area (Å²) in [5.41, 5.74) is 1.38. The summed E-state index contributed by atoms with van der Waals surface area (Å²) in [7, 11) is 2.21. The molecule has 4 nitrogen and oxygen atoms in total. The maximum atomic E-state index is 11.9. The number of nitrogens with one attached hydrogen (secondary N) is 1. The Morgan fingerprint density at radius 3 is 2.52 bits per heavy atom. The Hall–Kier alpha value is -1.39. The van der Waals surface area contributed by atoms with Crippen LogP contribution in [0.2, 0.25) is 0 Å². The largest absolute Gasteiger partial charge is 0.352 e. The van der Waals surface area contributed by atoms with Crippen LogP contribution in [0.3, 0.4) is 0 Å². The Morgan fingerprint density at radius 1 is 1.17 bits per heavy atom. The van der Waals surface area contributed by atoms with E-state index in [0.717, 1.165) is 32.1 Å². The standard InChI is InChI=1S/C19H29N3O/c1-21(13-16-5-3-2-4-6-16)14-17-9-11-22(12-10-17)15-19(23)20-18-7-8-18/h2-6,17-18H,7-15H2,1H3,(H,20,23). The molecule has 3 rings (SSSR count). The van der Waals surface area contributed by atoms with E-state index in [0.29, 0.717) is 12.6 Å². The number of hydrogen-bond acceptors (Lipinski definition) is 3. The van der Waals surface area contributed by atoms with Gasteiger partial charge in [0, 0.05) is 19.1 Å². The molecule has 1 aromatic carbocycles. The van der Waals surface area contributed by atoms with Crippen LogP contribution in [0.15, 0.2) is 30.3 Å². The first kappa shape index (κ1) is 16.5. The summed E-state index contributed by atoms with van der Waals surface area (Å²) < 4.78 is 0. The minimum absolute atomic E-state index is 0.215. The molecule has 1 amide bonds. The fourth-order valence-electron chi connectivity index (χ4n) is 3.43. The highest BCUT2D eigenvalue weighted by Crippen LogP contribution is 2.20. The number of hydrogen-bond donors (Lipinski definition) is 1. The summed E-state index contributed by atoms with van der Waals surface area (Å²) in [5.74, 6) is 0.971. The quantitative estimate of drug-likeness (QED) is 0.837. The summed E-state index contributed by atoms with van der Waals surface area (Å²) in [6.07, 6.45) is 4.74. The number of piperidine rings is 1.